The van der Waals surface area contributed by atoms with Gasteiger partial charge in [0, 0.05) is 20.0 Å². The third kappa shape index (κ3) is 16.5. The number of rotatable bonds is 20. The van der Waals surface area contributed by atoms with Gasteiger partial charge in [-0.3, -0.25) is 0 Å². The smallest absolute Gasteiger partial charge is 0.119 e. The summed E-state index contributed by atoms with van der Waals surface area (Å²) in [6, 6.07) is 0. The fourth-order valence-electron chi connectivity index (χ4n) is 3.53. The highest BCUT2D eigenvalue weighted by Gasteiger charge is 2.02. The zero-order valence-corrected chi connectivity index (χ0v) is 17.9. The Morgan fingerprint density at radius 3 is 1.62 bits per heavy atom. The number of allylic oxidation sites excluding steroid dienone is 1. The van der Waals surface area contributed by atoms with E-state index in [9.17, 15) is 4.79 Å². The van der Waals surface area contributed by atoms with Gasteiger partial charge >= 0.3 is 0 Å². The first kappa shape index (κ1) is 25.0. The van der Waals surface area contributed by atoms with Crippen LogP contribution in [0.2, 0.25) is 0 Å². The van der Waals surface area contributed by atoms with Crippen molar-refractivity contribution < 1.29 is 4.79 Å². The van der Waals surface area contributed by atoms with Gasteiger partial charge in [-0.15, -0.1) is 5.73 Å². The van der Waals surface area contributed by atoms with Crippen LogP contribution in [0.1, 0.15) is 116 Å². The molecule has 26 heavy (non-hydrogen) atoms. The third-order valence-corrected chi connectivity index (χ3v) is 5.21. The first-order valence-corrected chi connectivity index (χ1v) is 11.3. The third-order valence-electron chi connectivity index (χ3n) is 5.21. The highest BCUT2D eigenvalue weighted by Crippen LogP contribution is 2.15. The highest BCUT2D eigenvalue weighted by molar-refractivity contribution is 5.48. The molecular weight excluding hydrogens is 318 g/mol. The molecule has 0 spiro atoms. The van der Waals surface area contributed by atoms with Crippen molar-refractivity contribution in [2.75, 3.05) is 13.6 Å². The minimum Gasteiger partial charge on any atom is -0.372 e. The summed E-state index contributed by atoms with van der Waals surface area (Å²) in [5, 5.41) is 0. The summed E-state index contributed by atoms with van der Waals surface area (Å²) in [5.74, 6) is 0. The molecule has 0 fully saturated rings. The van der Waals surface area contributed by atoms with Crippen molar-refractivity contribution in [3.05, 3.63) is 18.0 Å². The van der Waals surface area contributed by atoms with Crippen LogP contribution in [-0.4, -0.2) is 24.8 Å². The minimum atomic E-state index is 0.752. The Morgan fingerprint density at radius 2 is 1.23 bits per heavy atom. The summed E-state index contributed by atoms with van der Waals surface area (Å²) in [6.45, 7) is 7.17. The first-order valence-electron chi connectivity index (χ1n) is 11.3. The van der Waals surface area contributed by atoms with Crippen LogP contribution in [0.5, 0.6) is 0 Å². The Balaban J connectivity index is 3.26. The zero-order valence-electron chi connectivity index (χ0n) is 17.9. The van der Waals surface area contributed by atoms with Crippen molar-refractivity contribution >= 4 is 6.29 Å². The normalized spacial score (nSPS) is 10.5. The molecule has 0 saturated heterocycles. The average Bonchev–Trinajstić information content (AvgIpc) is 2.64. The Labute approximate surface area is 164 Å². The molecule has 0 aliphatic rings. The Morgan fingerprint density at radius 1 is 0.808 bits per heavy atom. The van der Waals surface area contributed by atoms with Crippen molar-refractivity contribution in [2.45, 2.75) is 116 Å². The molecule has 0 amide bonds. The van der Waals surface area contributed by atoms with E-state index in [0.29, 0.717) is 0 Å². The van der Waals surface area contributed by atoms with Crippen molar-refractivity contribution in [1.29, 1.82) is 0 Å². The summed E-state index contributed by atoms with van der Waals surface area (Å²) in [4.78, 5) is 12.5. The van der Waals surface area contributed by atoms with E-state index in [1.807, 2.05) is 0 Å². The number of unbranched alkanes of at least 4 members (excludes halogenated alkanes) is 14. The number of hydrogen-bond acceptors (Lipinski definition) is 2. The van der Waals surface area contributed by atoms with E-state index >= 15 is 0 Å². The number of nitrogens with zero attached hydrogens (tertiary/aromatic N) is 1. The lowest BCUT2D eigenvalue weighted by Crippen LogP contribution is -2.17. The standard InChI is InChI=1S/C24H45NO/c1-4-22-25(3)24(5-2)21-19-17-15-13-11-9-7-6-8-10-12-14-16-18-20-23-26/h23H,2,4,6-22H2,1,3H3. The van der Waals surface area contributed by atoms with E-state index in [4.69, 9.17) is 0 Å². The molecule has 0 rings (SSSR count). The summed E-state index contributed by atoms with van der Waals surface area (Å²) in [5.41, 5.74) is 4.41. The maximum absolute atomic E-state index is 10.2. The molecule has 0 atom stereocenters. The molecule has 2 heteroatoms. The Kier molecular flexibility index (Phi) is 19.5. The zero-order chi connectivity index (χ0) is 19.3. The monoisotopic (exact) mass is 363 g/mol. The fraction of sp³-hybridized carbons (Fsp3) is 0.833. The molecule has 2 nitrogen and oxygen atoms in total. The van der Waals surface area contributed by atoms with Gasteiger partial charge in [0.1, 0.15) is 6.29 Å². The van der Waals surface area contributed by atoms with E-state index < -0.39 is 0 Å². The quantitative estimate of drug-likeness (QED) is 0.127. The van der Waals surface area contributed by atoms with Gasteiger partial charge in [-0.25, -0.2) is 0 Å². The van der Waals surface area contributed by atoms with Crippen LogP contribution in [0.4, 0.5) is 0 Å². The second-order valence-electron chi connectivity index (χ2n) is 7.70. The van der Waals surface area contributed by atoms with Crippen LogP contribution < -0.4 is 0 Å². The van der Waals surface area contributed by atoms with Gasteiger partial charge in [-0.2, -0.15) is 0 Å². The summed E-state index contributed by atoms with van der Waals surface area (Å²) < 4.78 is 0. The lowest BCUT2D eigenvalue weighted by atomic mass is 10.0. The predicted octanol–water partition coefficient (Wildman–Crippen LogP) is 7.44. The Bertz CT molecular complexity index is 357. The fourth-order valence-corrected chi connectivity index (χ4v) is 3.53. The molecule has 0 N–H and O–H groups in total. The highest BCUT2D eigenvalue weighted by atomic mass is 16.1. The summed E-state index contributed by atoms with van der Waals surface area (Å²) in [7, 11) is 2.16. The average molecular weight is 364 g/mol. The molecule has 0 heterocycles. The number of carbonyl (C=O) groups is 1. The van der Waals surface area contributed by atoms with Crippen LogP contribution in [0, 0.1) is 0 Å². The molecule has 152 valence electrons. The van der Waals surface area contributed by atoms with Crippen molar-refractivity contribution in [3.63, 3.8) is 0 Å². The lowest BCUT2D eigenvalue weighted by Gasteiger charge is -2.20. The SMILES string of the molecule is C=C=C(CCCCCCCCCCCCCCCCC=O)N(C)CCC. The van der Waals surface area contributed by atoms with Crippen molar-refractivity contribution in [3.8, 4) is 0 Å². The summed E-state index contributed by atoms with van der Waals surface area (Å²) in [6.07, 6.45) is 22.9. The van der Waals surface area contributed by atoms with Crippen LogP contribution in [-0.2, 0) is 4.79 Å². The molecule has 0 aliphatic carbocycles. The van der Waals surface area contributed by atoms with Gasteiger partial charge in [0.2, 0.25) is 0 Å². The van der Waals surface area contributed by atoms with E-state index in [-0.39, 0.29) is 0 Å². The van der Waals surface area contributed by atoms with E-state index in [1.54, 1.807) is 0 Å². The topological polar surface area (TPSA) is 20.3 Å². The Hall–Kier alpha value is -1.01. The maximum Gasteiger partial charge on any atom is 0.119 e. The first-order chi connectivity index (χ1) is 12.8. The number of aldehydes is 1. The number of hydrogen-bond donors (Lipinski definition) is 0. The van der Waals surface area contributed by atoms with Gasteiger partial charge in [0.15, 0.2) is 0 Å². The molecule has 0 aliphatic heterocycles. The number of carbonyl (C=O) groups excluding carboxylic acids is 1. The molecule has 0 aromatic heterocycles. The summed E-state index contributed by atoms with van der Waals surface area (Å²) >= 11 is 0. The van der Waals surface area contributed by atoms with E-state index in [0.717, 1.165) is 32.1 Å². The van der Waals surface area contributed by atoms with Gasteiger partial charge in [0.05, 0.1) is 5.70 Å². The molecule has 0 aromatic rings. The van der Waals surface area contributed by atoms with Crippen LogP contribution in [0.15, 0.2) is 18.0 Å². The van der Waals surface area contributed by atoms with Gasteiger partial charge in [-0.1, -0.05) is 90.6 Å². The largest absolute Gasteiger partial charge is 0.372 e. The molecule has 0 bridgehead atoms. The molecule has 0 radical (unpaired) electrons. The molecule has 0 saturated carbocycles. The molecular formula is C24H45NO. The molecule has 0 aromatic carbocycles. The van der Waals surface area contributed by atoms with Crippen molar-refractivity contribution in [2.24, 2.45) is 0 Å². The van der Waals surface area contributed by atoms with E-state index in [1.165, 1.54) is 95.6 Å². The van der Waals surface area contributed by atoms with Gasteiger partial charge in [-0.05, 0) is 25.7 Å². The predicted molar refractivity (Wildman–Crippen MR) is 116 cm³/mol. The second kappa shape index (κ2) is 20.3. The minimum absolute atomic E-state index is 0.752. The van der Waals surface area contributed by atoms with Gasteiger partial charge in [0.25, 0.3) is 0 Å². The van der Waals surface area contributed by atoms with Gasteiger partial charge < -0.3 is 9.69 Å². The maximum atomic E-state index is 10.2. The van der Waals surface area contributed by atoms with Crippen LogP contribution >= 0.6 is 0 Å². The van der Waals surface area contributed by atoms with E-state index in [2.05, 4.69) is 31.2 Å². The van der Waals surface area contributed by atoms with Crippen LogP contribution in [0.25, 0.3) is 0 Å². The second-order valence-corrected chi connectivity index (χ2v) is 7.70. The lowest BCUT2D eigenvalue weighted by molar-refractivity contribution is -0.107. The van der Waals surface area contributed by atoms with Crippen molar-refractivity contribution in [1.82, 2.24) is 4.90 Å². The van der Waals surface area contributed by atoms with Crippen LogP contribution in [0.3, 0.4) is 0 Å². The molecule has 0 unspecified atom stereocenters.